The lowest BCUT2D eigenvalue weighted by molar-refractivity contribution is 0.600. The molecule has 11 heteroatoms. The van der Waals surface area contributed by atoms with Crippen molar-refractivity contribution < 1.29 is 12.8 Å². The van der Waals surface area contributed by atoms with Crippen molar-refractivity contribution >= 4 is 37.5 Å². The number of hydrogen-bond donors (Lipinski definition) is 3. The molecule has 0 spiro atoms. The van der Waals surface area contributed by atoms with E-state index in [-0.39, 0.29) is 18.2 Å². The first-order chi connectivity index (χ1) is 19.6. The quantitative estimate of drug-likeness (QED) is 0.212. The predicted octanol–water partition coefficient (Wildman–Crippen LogP) is 5.78. The van der Waals surface area contributed by atoms with Gasteiger partial charge in [0, 0.05) is 47.4 Å². The van der Waals surface area contributed by atoms with E-state index < -0.39 is 15.7 Å². The van der Waals surface area contributed by atoms with Gasteiger partial charge in [-0.25, -0.2) is 17.8 Å². The van der Waals surface area contributed by atoms with E-state index in [1.807, 2.05) is 18.3 Å². The highest BCUT2D eigenvalue weighted by molar-refractivity contribution is 7.90. The highest BCUT2D eigenvalue weighted by Crippen LogP contribution is 2.33. The molecule has 6 rings (SSSR count). The molecule has 2 aromatic carbocycles. The van der Waals surface area contributed by atoms with Crippen LogP contribution < -0.4 is 5.32 Å². The van der Waals surface area contributed by atoms with Crippen molar-refractivity contribution in [2.24, 2.45) is 0 Å². The SMILES string of the molecule is CC(C)Nc1cncc(-c2ccc3[nH]nc(-c4nc5c(-c6cc(F)cc(CCS(C)(=O)=O)c6)nccc5[nH]4)c3c2)c1. The highest BCUT2D eigenvalue weighted by atomic mass is 32.2. The molecule has 41 heavy (non-hydrogen) atoms. The zero-order valence-corrected chi connectivity index (χ0v) is 23.6. The molecular weight excluding hydrogens is 541 g/mol. The number of hydrogen-bond acceptors (Lipinski definition) is 7. The van der Waals surface area contributed by atoms with Gasteiger partial charge in [0.2, 0.25) is 0 Å². The Hall–Kier alpha value is -4.64. The van der Waals surface area contributed by atoms with Crippen LogP contribution in [0.2, 0.25) is 0 Å². The van der Waals surface area contributed by atoms with E-state index in [1.54, 1.807) is 24.5 Å². The van der Waals surface area contributed by atoms with Crippen LogP contribution in [0.15, 0.2) is 67.1 Å². The van der Waals surface area contributed by atoms with Crippen molar-refractivity contribution in [2.45, 2.75) is 26.3 Å². The summed E-state index contributed by atoms with van der Waals surface area (Å²) in [6.07, 6.45) is 6.64. The van der Waals surface area contributed by atoms with Crippen molar-refractivity contribution in [3.05, 3.63) is 78.5 Å². The second-order valence-corrected chi connectivity index (χ2v) is 12.7. The lowest BCUT2D eigenvalue weighted by Gasteiger charge is -2.11. The minimum absolute atomic E-state index is 0.0666. The molecule has 9 nitrogen and oxygen atoms in total. The van der Waals surface area contributed by atoms with Crippen LogP contribution in [-0.2, 0) is 16.3 Å². The van der Waals surface area contributed by atoms with Crippen LogP contribution in [0.4, 0.5) is 10.1 Å². The Labute approximate surface area is 236 Å². The molecule has 0 aliphatic heterocycles. The van der Waals surface area contributed by atoms with Gasteiger partial charge in [-0.3, -0.25) is 15.1 Å². The maximum Gasteiger partial charge on any atom is 0.159 e. The van der Waals surface area contributed by atoms with E-state index in [0.717, 1.165) is 33.2 Å². The fourth-order valence-electron chi connectivity index (χ4n) is 4.88. The van der Waals surface area contributed by atoms with E-state index in [4.69, 9.17) is 4.98 Å². The largest absolute Gasteiger partial charge is 0.382 e. The first kappa shape index (κ1) is 26.6. The van der Waals surface area contributed by atoms with E-state index >= 15 is 0 Å². The molecule has 0 atom stereocenters. The van der Waals surface area contributed by atoms with Gasteiger partial charge in [-0.2, -0.15) is 5.10 Å². The van der Waals surface area contributed by atoms with Crippen LogP contribution in [0.1, 0.15) is 19.4 Å². The molecule has 0 fully saturated rings. The molecule has 0 aliphatic rings. The van der Waals surface area contributed by atoms with Gasteiger partial charge in [0.15, 0.2) is 5.82 Å². The van der Waals surface area contributed by atoms with Gasteiger partial charge in [0.1, 0.15) is 26.9 Å². The van der Waals surface area contributed by atoms with Crippen molar-refractivity contribution in [2.75, 3.05) is 17.3 Å². The van der Waals surface area contributed by atoms with Crippen LogP contribution in [0.25, 0.3) is 55.8 Å². The third-order valence-electron chi connectivity index (χ3n) is 6.71. The maximum atomic E-state index is 14.6. The lowest BCUT2D eigenvalue weighted by Crippen LogP contribution is -2.09. The van der Waals surface area contributed by atoms with Gasteiger partial charge in [0.05, 0.1) is 28.2 Å². The summed E-state index contributed by atoms with van der Waals surface area (Å²) in [6, 6.07) is 14.7. The Morgan fingerprint density at radius 2 is 1.80 bits per heavy atom. The Balaban J connectivity index is 1.40. The average molecular weight is 570 g/mol. The molecule has 0 radical (unpaired) electrons. The molecule has 0 amide bonds. The van der Waals surface area contributed by atoms with Crippen LogP contribution in [0.5, 0.6) is 0 Å². The normalized spacial score (nSPS) is 12.0. The third kappa shape index (κ3) is 5.66. The number of sulfone groups is 1. The number of H-pyrrole nitrogens is 2. The Morgan fingerprint density at radius 3 is 2.61 bits per heavy atom. The number of aryl methyl sites for hydroxylation is 1. The molecule has 208 valence electrons. The van der Waals surface area contributed by atoms with Gasteiger partial charge in [0.25, 0.3) is 0 Å². The zero-order chi connectivity index (χ0) is 28.7. The minimum Gasteiger partial charge on any atom is -0.382 e. The monoisotopic (exact) mass is 569 g/mol. The number of aromatic nitrogens is 6. The smallest absolute Gasteiger partial charge is 0.159 e. The molecule has 0 aliphatic carbocycles. The Morgan fingerprint density at radius 1 is 0.951 bits per heavy atom. The summed E-state index contributed by atoms with van der Waals surface area (Å²) < 4.78 is 37.9. The van der Waals surface area contributed by atoms with Crippen molar-refractivity contribution in [1.29, 1.82) is 0 Å². The summed E-state index contributed by atoms with van der Waals surface area (Å²) in [5, 5.41) is 11.9. The summed E-state index contributed by atoms with van der Waals surface area (Å²) in [5.41, 5.74) is 7.27. The second-order valence-electron chi connectivity index (χ2n) is 10.5. The van der Waals surface area contributed by atoms with Crippen molar-refractivity contribution in [3.63, 3.8) is 0 Å². The standard InChI is InChI=1S/C30H28FN7O2S/c1-17(2)34-23-13-21(15-32-16-23)19-4-5-25-24(14-19)28(38-37-25)30-35-26-6-8-33-27(29(26)36-30)20-10-18(11-22(31)12-20)7-9-41(3,39)40/h4-6,8,10-17,34H,7,9H2,1-3H3,(H,35,36)(H,37,38). The molecular formula is C30H28FN7O2S. The number of halogens is 1. The fraction of sp³-hybridized carbons (Fsp3) is 0.200. The lowest BCUT2D eigenvalue weighted by atomic mass is 10.0. The summed E-state index contributed by atoms with van der Waals surface area (Å²) in [5.74, 6) is 0.0105. The van der Waals surface area contributed by atoms with Gasteiger partial charge < -0.3 is 10.3 Å². The number of fused-ring (bicyclic) bond motifs is 2. The molecule has 0 unspecified atom stereocenters. The molecule has 3 N–H and O–H groups in total. The van der Waals surface area contributed by atoms with Crippen LogP contribution in [0, 0.1) is 5.82 Å². The molecule has 4 heterocycles. The summed E-state index contributed by atoms with van der Waals surface area (Å²) in [6.45, 7) is 4.16. The van der Waals surface area contributed by atoms with E-state index in [2.05, 4.69) is 56.4 Å². The zero-order valence-electron chi connectivity index (χ0n) is 22.7. The number of aromatic amines is 2. The molecule has 6 aromatic rings. The molecule has 0 saturated heterocycles. The van der Waals surface area contributed by atoms with E-state index in [0.29, 0.717) is 33.9 Å². The number of benzene rings is 2. The van der Waals surface area contributed by atoms with Crippen LogP contribution in [0.3, 0.4) is 0 Å². The number of anilines is 1. The number of nitrogens with zero attached hydrogens (tertiary/aromatic N) is 4. The van der Waals surface area contributed by atoms with Crippen molar-refractivity contribution in [1.82, 2.24) is 30.1 Å². The number of pyridine rings is 2. The third-order valence-corrected chi connectivity index (χ3v) is 7.65. The maximum absolute atomic E-state index is 14.6. The topological polar surface area (TPSA) is 129 Å². The molecule has 0 bridgehead atoms. The van der Waals surface area contributed by atoms with Gasteiger partial charge in [-0.05, 0) is 73.9 Å². The molecule has 0 saturated carbocycles. The Bertz CT molecular complexity index is 2010. The fourth-order valence-corrected chi connectivity index (χ4v) is 5.48. The van der Waals surface area contributed by atoms with Gasteiger partial charge in [-0.15, -0.1) is 0 Å². The first-order valence-corrected chi connectivity index (χ1v) is 15.2. The highest BCUT2D eigenvalue weighted by Gasteiger charge is 2.17. The second kappa shape index (κ2) is 10.4. The number of nitrogens with one attached hydrogen (secondary N) is 3. The summed E-state index contributed by atoms with van der Waals surface area (Å²) in [7, 11) is -3.19. The number of rotatable bonds is 8. The van der Waals surface area contributed by atoms with Crippen molar-refractivity contribution in [3.8, 4) is 33.9 Å². The Kier molecular flexibility index (Phi) is 6.74. The summed E-state index contributed by atoms with van der Waals surface area (Å²) >= 11 is 0. The predicted molar refractivity (Wildman–Crippen MR) is 160 cm³/mol. The minimum atomic E-state index is -3.19. The van der Waals surface area contributed by atoms with Crippen LogP contribution >= 0.6 is 0 Å². The van der Waals surface area contributed by atoms with Crippen LogP contribution in [-0.4, -0.2) is 56.6 Å². The first-order valence-electron chi connectivity index (χ1n) is 13.2. The summed E-state index contributed by atoms with van der Waals surface area (Å²) in [4.78, 5) is 17.1. The number of imidazole rings is 1. The molecule has 4 aromatic heterocycles. The van der Waals surface area contributed by atoms with Gasteiger partial charge in [-0.1, -0.05) is 6.07 Å². The van der Waals surface area contributed by atoms with Gasteiger partial charge >= 0.3 is 0 Å². The van der Waals surface area contributed by atoms with E-state index in [9.17, 15) is 12.8 Å². The average Bonchev–Trinajstić information content (AvgIpc) is 3.54. The van der Waals surface area contributed by atoms with E-state index in [1.165, 1.54) is 18.4 Å².